The summed E-state index contributed by atoms with van der Waals surface area (Å²) < 4.78 is 9.96. The molecule has 0 bridgehead atoms. The number of carbonyl (C=O) groups is 2. The van der Waals surface area contributed by atoms with Crippen molar-refractivity contribution in [3.63, 3.8) is 0 Å². The van der Waals surface area contributed by atoms with Crippen LogP contribution >= 0.6 is 11.6 Å². The molecule has 132 valence electrons. The van der Waals surface area contributed by atoms with Gasteiger partial charge >= 0.3 is 5.97 Å². The Hall–Kier alpha value is -3.30. The van der Waals surface area contributed by atoms with Gasteiger partial charge in [0.1, 0.15) is 11.8 Å². The number of hydrogen-bond donors (Lipinski definition) is 1. The Morgan fingerprint density at radius 2 is 2.08 bits per heavy atom. The number of nitrogens with zero attached hydrogens (tertiary/aromatic N) is 1. The molecule has 0 radical (unpaired) electrons. The van der Waals surface area contributed by atoms with Crippen molar-refractivity contribution < 1.29 is 19.1 Å². The van der Waals surface area contributed by atoms with Gasteiger partial charge in [0.05, 0.1) is 18.4 Å². The average Bonchev–Trinajstić information content (AvgIpc) is 2.65. The van der Waals surface area contributed by atoms with Crippen molar-refractivity contribution in [2.24, 2.45) is 0 Å². The Kier molecular flexibility index (Phi) is 6.77. The molecular weight excluding hydrogens is 356 g/mol. The molecule has 0 unspecified atom stereocenters. The first-order chi connectivity index (χ1) is 12.5. The molecule has 2 aromatic rings. The van der Waals surface area contributed by atoms with Crippen LogP contribution in [0.2, 0.25) is 5.02 Å². The molecule has 0 aliphatic rings. The maximum Gasteiger partial charge on any atom is 0.331 e. The number of methoxy groups -OCH3 is 1. The van der Waals surface area contributed by atoms with Crippen LogP contribution in [0.25, 0.3) is 6.08 Å². The minimum atomic E-state index is -0.672. The van der Waals surface area contributed by atoms with Crippen LogP contribution in [-0.2, 0) is 14.3 Å². The van der Waals surface area contributed by atoms with Gasteiger partial charge in [0.25, 0.3) is 5.91 Å². The van der Waals surface area contributed by atoms with Gasteiger partial charge in [-0.1, -0.05) is 23.7 Å². The van der Waals surface area contributed by atoms with E-state index < -0.39 is 18.5 Å². The minimum Gasteiger partial charge on any atom is -0.497 e. The SMILES string of the molecule is COc1cccc(/C=C/C(=O)OCC(=O)Nc2cc(Cl)ccc2C#N)c1. The highest BCUT2D eigenvalue weighted by atomic mass is 35.5. The topological polar surface area (TPSA) is 88.4 Å². The second-order valence-corrected chi connectivity index (χ2v) is 5.50. The van der Waals surface area contributed by atoms with Crippen LogP contribution in [0.1, 0.15) is 11.1 Å². The first-order valence-electron chi connectivity index (χ1n) is 7.50. The normalized spacial score (nSPS) is 10.2. The van der Waals surface area contributed by atoms with Crippen molar-refractivity contribution >= 4 is 35.2 Å². The molecule has 1 N–H and O–H groups in total. The quantitative estimate of drug-likeness (QED) is 0.621. The number of amides is 1. The molecule has 26 heavy (non-hydrogen) atoms. The fraction of sp³-hybridized carbons (Fsp3) is 0.105. The summed E-state index contributed by atoms with van der Waals surface area (Å²) in [4.78, 5) is 23.6. The Balaban J connectivity index is 1.89. The average molecular weight is 371 g/mol. The van der Waals surface area contributed by atoms with E-state index in [1.54, 1.807) is 43.5 Å². The van der Waals surface area contributed by atoms with E-state index in [1.807, 2.05) is 6.07 Å². The van der Waals surface area contributed by atoms with Crippen LogP contribution in [0.3, 0.4) is 0 Å². The second-order valence-electron chi connectivity index (χ2n) is 5.07. The van der Waals surface area contributed by atoms with E-state index in [4.69, 9.17) is 26.3 Å². The highest BCUT2D eigenvalue weighted by molar-refractivity contribution is 6.31. The first-order valence-corrected chi connectivity index (χ1v) is 7.88. The number of ether oxygens (including phenoxy) is 2. The van der Waals surface area contributed by atoms with Crippen LogP contribution in [0.4, 0.5) is 5.69 Å². The van der Waals surface area contributed by atoms with Crippen LogP contribution in [-0.4, -0.2) is 25.6 Å². The zero-order chi connectivity index (χ0) is 18.9. The molecule has 0 aliphatic heterocycles. The number of hydrogen-bond acceptors (Lipinski definition) is 5. The highest BCUT2D eigenvalue weighted by Crippen LogP contribution is 2.20. The first kappa shape index (κ1) is 19.0. The fourth-order valence-electron chi connectivity index (χ4n) is 2.00. The van der Waals surface area contributed by atoms with E-state index in [0.717, 1.165) is 5.56 Å². The largest absolute Gasteiger partial charge is 0.497 e. The lowest BCUT2D eigenvalue weighted by Crippen LogP contribution is -2.20. The van der Waals surface area contributed by atoms with E-state index in [1.165, 1.54) is 18.2 Å². The smallest absolute Gasteiger partial charge is 0.331 e. The summed E-state index contributed by atoms with van der Waals surface area (Å²) in [6, 6.07) is 13.5. The van der Waals surface area contributed by atoms with Crippen molar-refractivity contribution in [3.8, 4) is 11.8 Å². The van der Waals surface area contributed by atoms with Crippen molar-refractivity contribution in [1.82, 2.24) is 0 Å². The molecular formula is C19H15ClN2O4. The highest BCUT2D eigenvalue weighted by Gasteiger charge is 2.09. The number of nitriles is 1. The molecule has 0 heterocycles. The third-order valence-electron chi connectivity index (χ3n) is 3.23. The maximum absolute atomic E-state index is 11.9. The van der Waals surface area contributed by atoms with Crippen LogP contribution in [0.15, 0.2) is 48.5 Å². The van der Waals surface area contributed by atoms with Crippen molar-refractivity contribution in [3.05, 3.63) is 64.7 Å². The molecule has 0 saturated carbocycles. The molecule has 2 rings (SSSR count). The van der Waals surface area contributed by atoms with Gasteiger partial charge in [-0.25, -0.2) is 4.79 Å². The minimum absolute atomic E-state index is 0.256. The molecule has 1 amide bonds. The van der Waals surface area contributed by atoms with Gasteiger partial charge in [-0.15, -0.1) is 0 Å². The molecule has 6 nitrogen and oxygen atoms in total. The number of anilines is 1. The van der Waals surface area contributed by atoms with Gasteiger partial charge in [-0.05, 0) is 42.0 Å². The summed E-state index contributed by atoms with van der Waals surface area (Å²) >= 11 is 5.84. The van der Waals surface area contributed by atoms with Gasteiger partial charge in [-0.2, -0.15) is 5.26 Å². The lowest BCUT2D eigenvalue weighted by atomic mass is 10.2. The van der Waals surface area contributed by atoms with Gasteiger partial charge < -0.3 is 14.8 Å². The van der Waals surface area contributed by atoms with E-state index in [2.05, 4.69) is 5.32 Å². The molecule has 0 fully saturated rings. The van der Waals surface area contributed by atoms with E-state index >= 15 is 0 Å². The van der Waals surface area contributed by atoms with E-state index in [-0.39, 0.29) is 11.3 Å². The third kappa shape index (κ3) is 5.65. The lowest BCUT2D eigenvalue weighted by Gasteiger charge is -2.07. The molecule has 0 spiro atoms. The number of rotatable bonds is 6. The molecule has 7 heteroatoms. The summed E-state index contributed by atoms with van der Waals surface area (Å²) in [6.45, 7) is -0.487. The summed E-state index contributed by atoms with van der Waals surface area (Å²) in [7, 11) is 1.55. The Morgan fingerprint density at radius 3 is 2.81 bits per heavy atom. The Morgan fingerprint density at radius 1 is 1.27 bits per heavy atom. The van der Waals surface area contributed by atoms with Gasteiger partial charge in [-0.3, -0.25) is 4.79 Å². The van der Waals surface area contributed by atoms with Gasteiger partial charge in [0, 0.05) is 11.1 Å². The second kappa shape index (κ2) is 9.25. The van der Waals surface area contributed by atoms with Crippen molar-refractivity contribution in [2.45, 2.75) is 0 Å². The summed E-state index contributed by atoms with van der Waals surface area (Å²) in [5.41, 5.74) is 1.27. The predicted octanol–water partition coefficient (Wildman–Crippen LogP) is 3.42. The summed E-state index contributed by atoms with van der Waals surface area (Å²) in [5, 5.41) is 11.9. The monoisotopic (exact) mass is 370 g/mol. The van der Waals surface area contributed by atoms with Crippen molar-refractivity contribution in [2.75, 3.05) is 19.0 Å². The molecule has 0 atom stereocenters. The van der Waals surface area contributed by atoms with Gasteiger partial charge in [0.2, 0.25) is 0 Å². The van der Waals surface area contributed by atoms with Crippen LogP contribution in [0.5, 0.6) is 5.75 Å². The Labute approximate surface area is 155 Å². The lowest BCUT2D eigenvalue weighted by molar-refractivity contribution is -0.142. The number of carbonyl (C=O) groups excluding carboxylic acids is 2. The summed E-state index contributed by atoms with van der Waals surface area (Å²) in [5.74, 6) is -0.587. The molecule has 2 aromatic carbocycles. The van der Waals surface area contributed by atoms with Gasteiger partial charge in [0.15, 0.2) is 6.61 Å². The number of halogens is 1. The molecule has 0 saturated heterocycles. The fourth-order valence-corrected chi connectivity index (χ4v) is 2.17. The van der Waals surface area contributed by atoms with E-state index in [0.29, 0.717) is 10.8 Å². The molecule has 0 aliphatic carbocycles. The summed E-state index contributed by atoms with van der Waals surface area (Å²) in [6.07, 6.45) is 2.76. The Bertz CT molecular complexity index is 887. The predicted molar refractivity (Wildman–Crippen MR) is 97.8 cm³/mol. The number of esters is 1. The zero-order valence-electron chi connectivity index (χ0n) is 13.9. The zero-order valence-corrected chi connectivity index (χ0v) is 14.6. The maximum atomic E-state index is 11.9. The number of nitrogens with one attached hydrogen (secondary N) is 1. The molecule has 0 aromatic heterocycles. The standard InChI is InChI=1S/C19H15ClN2O4/c1-25-16-4-2-3-13(9-16)5-8-19(24)26-12-18(23)22-17-10-15(20)7-6-14(17)11-21/h2-10H,12H2,1H3,(H,22,23)/b8-5+. The van der Waals surface area contributed by atoms with Crippen molar-refractivity contribution in [1.29, 1.82) is 5.26 Å². The van der Waals surface area contributed by atoms with Crippen LogP contribution in [0, 0.1) is 11.3 Å². The van der Waals surface area contributed by atoms with E-state index in [9.17, 15) is 9.59 Å². The third-order valence-corrected chi connectivity index (χ3v) is 3.46. The number of benzene rings is 2. The van der Waals surface area contributed by atoms with Crippen LogP contribution < -0.4 is 10.1 Å².